The first-order valence-electron chi connectivity index (χ1n) is 21.9. The fourth-order valence-corrected chi connectivity index (χ4v) is 6.58. The number of benzene rings is 4. The smallest absolute Gasteiger partial charge is 0.161 e. The monoisotopic (exact) mass is 1090 g/mol. The fraction of sp³-hybridized carbons (Fsp3) is 0.131. The van der Waals surface area contributed by atoms with Gasteiger partial charge in [-0.15, -0.1) is 50.5 Å². The number of hydrogen-bond acceptors (Lipinski definition) is 9. The van der Waals surface area contributed by atoms with Crippen LogP contribution in [0.2, 0.25) is 0 Å². The van der Waals surface area contributed by atoms with Gasteiger partial charge in [-0.2, -0.15) is 0 Å². The number of hydrogen-bond donors (Lipinski definition) is 4. The van der Waals surface area contributed by atoms with Crippen molar-refractivity contribution in [3.8, 4) is 0 Å². The van der Waals surface area contributed by atoms with Gasteiger partial charge in [0.1, 0.15) is 6.29 Å². The molecule has 4 aromatic rings. The van der Waals surface area contributed by atoms with Crippen molar-refractivity contribution in [3.63, 3.8) is 0 Å². The van der Waals surface area contributed by atoms with Gasteiger partial charge >= 0.3 is 0 Å². The third-order valence-corrected chi connectivity index (χ3v) is 10.2. The number of rotatable bonds is 17. The Kier molecular flexibility index (Phi) is 41.5. The average molecular weight is 1090 g/mol. The molecule has 0 aromatic heterocycles. The molecule has 0 bridgehead atoms. The molecule has 4 rings (SSSR count). The number of aldehydes is 3. The SMILES string of the molecule is C.C/C=C/C=C/C=C/CBr.C/C=C/C=C/C=C/c1c(C(C)=O)ccc(S)c1C(C)=O.C/C=C/C=C/C=C/c1c(C=O)ccc(S)c1C=O.C/C=C/C=C/C=C/c1cccc(S)c1.O=Cc1cccc(S)c1. The van der Waals surface area contributed by atoms with E-state index in [0.29, 0.717) is 55.0 Å². The summed E-state index contributed by atoms with van der Waals surface area (Å²) in [6.45, 7) is 10.8. The normalized spacial score (nSPS) is 11.4. The van der Waals surface area contributed by atoms with E-state index < -0.39 is 0 Å². The maximum absolute atomic E-state index is 11.8. The van der Waals surface area contributed by atoms with Crippen molar-refractivity contribution in [1.29, 1.82) is 0 Å². The summed E-state index contributed by atoms with van der Waals surface area (Å²) in [4.78, 5) is 58.5. The molecule has 0 atom stereocenters. The van der Waals surface area contributed by atoms with Crippen LogP contribution in [0.15, 0.2) is 220 Å². The van der Waals surface area contributed by atoms with Crippen molar-refractivity contribution in [2.45, 2.75) is 68.6 Å². The Hall–Kier alpha value is -6.01. The molecule has 0 unspecified atom stereocenters. The standard InChI is InChI=1S/C17H18O2S.C15H14O2S.C13H14S.C8H11Br.C7H6OS.CH4/c1-4-5-6-7-8-9-15-14(12(2)18)10-11-16(20)17(15)13(3)19;1-2-3-4-5-6-7-13-12(10-16)8-9-15(18)14(13)11-17;1-2-3-4-5-6-8-12-9-7-10-13(14)11-12;1-2-3-4-5-6-7-8-9;8-5-6-2-1-3-7(9)4-6;/h4-11,20H,1-3H3;2-11,18H,1H3;2-11,14H,1H3;2-7H,8H2,1H3;1-5,9H;1H4/b5-4+,7-6+,9-8+;3-2+,5-4+,7-6+;3-2+,5-4+,8-6+;3-2+,5-4+,7-6+;;. The van der Waals surface area contributed by atoms with E-state index in [-0.39, 0.29) is 19.0 Å². The van der Waals surface area contributed by atoms with Gasteiger partial charge in [0.15, 0.2) is 24.1 Å². The summed E-state index contributed by atoms with van der Waals surface area (Å²) in [6.07, 6.45) is 48.5. The van der Waals surface area contributed by atoms with Crippen LogP contribution in [-0.2, 0) is 0 Å². The van der Waals surface area contributed by atoms with Crippen LogP contribution >= 0.6 is 66.4 Å². The number of alkyl halides is 1. The van der Waals surface area contributed by atoms with Gasteiger partial charge in [0.05, 0.1) is 0 Å². The summed E-state index contributed by atoms with van der Waals surface area (Å²) in [6, 6.07) is 21.8. The molecule has 0 N–H and O–H groups in total. The number of thiol groups is 4. The highest BCUT2D eigenvalue weighted by Gasteiger charge is 2.15. The van der Waals surface area contributed by atoms with Gasteiger partial charge in [0.2, 0.25) is 0 Å². The molecule has 0 aliphatic heterocycles. The third-order valence-electron chi connectivity index (χ3n) is 8.52. The highest BCUT2D eigenvalue weighted by atomic mass is 79.9. The summed E-state index contributed by atoms with van der Waals surface area (Å²) >= 11 is 20.1. The molecule has 0 saturated carbocycles. The topological polar surface area (TPSA) is 85.3 Å². The second-order valence-corrected chi connectivity index (χ2v) is 16.5. The zero-order chi connectivity index (χ0) is 52.4. The Morgan fingerprint density at radius 1 is 0.465 bits per heavy atom. The summed E-state index contributed by atoms with van der Waals surface area (Å²) in [5.41, 5.74) is 4.98. The second-order valence-electron chi connectivity index (χ2n) is 13.9. The summed E-state index contributed by atoms with van der Waals surface area (Å²) in [7, 11) is 0. The number of halogens is 1. The van der Waals surface area contributed by atoms with Crippen molar-refractivity contribution >= 4 is 115 Å². The van der Waals surface area contributed by atoms with Crippen LogP contribution in [0.5, 0.6) is 0 Å². The Morgan fingerprint density at radius 3 is 1.34 bits per heavy atom. The Bertz CT molecular complexity index is 2640. The molecule has 0 aliphatic carbocycles. The van der Waals surface area contributed by atoms with Crippen molar-refractivity contribution in [2.75, 3.05) is 5.33 Å². The summed E-state index contributed by atoms with van der Waals surface area (Å²) in [5.74, 6) is -0.173. The fourth-order valence-electron chi connectivity index (χ4n) is 5.30. The molecule has 0 spiro atoms. The predicted octanol–water partition coefficient (Wildman–Crippen LogP) is 17.9. The Labute approximate surface area is 454 Å². The highest BCUT2D eigenvalue weighted by molar-refractivity contribution is 9.09. The van der Waals surface area contributed by atoms with Crippen molar-refractivity contribution < 1.29 is 24.0 Å². The van der Waals surface area contributed by atoms with Gasteiger partial charge in [-0.1, -0.05) is 193 Å². The predicted molar refractivity (Wildman–Crippen MR) is 324 cm³/mol. The van der Waals surface area contributed by atoms with Crippen LogP contribution < -0.4 is 0 Å². The zero-order valence-corrected chi connectivity index (χ0v) is 45.6. The first-order valence-corrected chi connectivity index (χ1v) is 24.8. The van der Waals surface area contributed by atoms with Gasteiger partial charge < -0.3 is 0 Å². The van der Waals surface area contributed by atoms with Crippen LogP contribution in [0.1, 0.15) is 117 Å². The number of ketones is 2. The minimum Gasteiger partial charge on any atom is -0.298 e. The molecule has 0 saturated heterocycles. The largest absolute Gasteiger partial charge is 0.298 e. The summed E-state index contributed by atoms with van der Waals surface area (Å²) < 4.78 is 0. The lowest BCUT2D eigenvalue weighted by Gasteiger charge is -2.10. The third kappa shape index (κ3) is 31.1. The van der Waals surface area contributed by atoms with Crippen LogP contribution in [0.25, 0.3) is 18.2 Å². The summed E-state index contributed by atoms with van der Waals surface area (Å²) in [5, 5.41) is 0.924. The Morgan fingerprint density at radius 2 is 0.915 bits per heavy atom. The van der Waals surface area contributed by atoms with Crippen molar-refractivity contribution in [3.05, 3.63) is 245 Å². The molecular weight excluding hydrogens is 1020 g/mol. The number of carbonyl (C=O) groups is 5. The second kappa shape index (κ2) is 44.0. The number of Topliss-reactive ketones (excluding diaryl/α,β-unsaturated/α-hetero) is 2. The van der Waals surface area contributed by atoms with Gasteiger partial charge in [-0.05, 0) is 107 Å². The molecule has 4 aromatic carbocycles. The van der Waals surface area contributed by atoms with E-state index in [4.69, 9.17) is 0 Å². The zero-order valence-electron chi connectivity index (χ0n) is 40.4. The van der Waals surface area contributed by atoms with E-state index in [0.717, 1.165) is 27.7 Å². The van der Waals surface area contributed by atoms with E-state index in [1.54, 1.807) is 66.8 Å². The van der Waals surface area contributed by atoms with Gasteiger partial charge in [-0.25, -0.2) is 0 Å². The van der Waals surface area contributed by atoms with Gasteiger partial charge in [-0.3, -0.25) is 24.0 Å². The van der Waals surface area contributed by atoms with Crippen LogP contribution in [-0.4, -0.2) is 35.8 Å². The van der Waals surface area contributed by atoms with Crippen LogP contribution in [0.4, 0.5) is 0 Å². The van der Waals surface area contributed by atoms with E-state index in [1.165, 1.54) is 19.4 Å². The van der Waals surface area contributed by atoms with Crippen LogP contribution in [0, 0.1) is 0 Å². The lowest BCUT2D eigenvalue weighted by atomic mass is 9.96. The minimum atomic E-state index is -0.102. The molecular formula is C61H67BrO5S4. The number of carbonyl (C=O) groups excluding carboxylic acids is 5. The maximum Gasteiger partial charge on any atom is 0.161 e. The Balaban J connectivity index is 0. The van der Waals surface area contributed by atoms with Crippen molar-refractivity contribution in [2.24, 2.45) is 0 Å². The average Bonchev–Trinajstić information content (AvgIpc) is 3.34. The highest BCUT2D eigenvalue weighted by Crippen LogP contribution is 2.25. The van der Waals surface area contributed by atoms with E-state index in [9.17, 15) is 24.0 Å². The molecule has 0 radical (unpaired) electrons. The quantitative estimate of drug-likeness (QED) is 0.0278. The molecule has 10 heteroatoms. The molecule has 0 heterocycles. The lowest BCUT2D eigenvalue weighted by Crippen LogP contribution is -2.05. The van der Waals surface area contributed by atoms with E-state index >= 15 is 0 Å². The molecule has 0 aliphatic rings. The van der Waals surface area contributed by atoms with Gasteiger partial charge in [0.25, 0.3) is 0 Å². The van der Waals surface area contributed by atoms with Gasteiger partial charge in [0, 0.05) is 52.7 Å². The first-order chi connectivity index (χ1) is 33.8. The van der Waals surface area contributed by atoms with Crippen LogP contribution in [0.3, 0.4) is 0 Å². The molecule has 372 valence electrons. The lowest BCUT2D eigenvalue weighted by molar-refractivity contribution is 0.101. The molecule has 71 heavy (non-hydrogen) atoms. The molecule has 0 amide bonds. The maximum atomic E-state index is 11.8. The molecule has 0 fully saturated rings. The van der Waals surface area contributed by atoms with E-state index in [2.05, 4.69) is 78.6 Å². The van der Waals surface area contributed by atoms with Crippen molar-refractivity contribution in [1.82, 2.24) is 0 Å². The first kappa shape index (κ1) is 67.1. The minimum absolute atomic E-state index is 0. The molecule has 5 nitrogen and oxygen atoms in total. The van der Waals surface area contributed by atoms with E-state index in [1.807, 2.05) is 167 Å². The number of allylic oxidation sites excluding steroid dienone is 21.